The number of hydrogen-bond acceptors (Lipinski definition) is 11. The fraction of sp³-hybridized carbons (Fsp3) is 0.282. The van der Waals surface area contributed by atoms with Crippen LogP contribution in [0.15, 0.2) is 94.4 Å². The van der Waals surface area contributed by atoms with Crippen molar-refractivity contribution in [2.24, 2.45) is 4.99 Å². The van der Waals surface area contributed by atoms with E-state index < -0.39 is 18.0 Å². The van der Waals surface area contributed by atoms with E-state index in [4.69, 9.17) is 28.4 Å². The maximum atomic E-state index is 14.3. The highest BCUT2D eigenvalue weighted by Gasteiger charge is 2.34. The number of carbonyl (C=O) groups excluding carboxylic acids is 2. The van der Waals surface area contributed by atoms with E-state index >= 15 is 0 Å². The number of benzene rings is 3. The third kappa shape index (κ3) is 8.24. The van der Waals surface area contributed by atoms with Crippen molar-refractivity contribution in [3.05, 3.63) is 127 Å². The van der Waals surface area contributed by atoms with E-state index in [0.717, 1.165) is 11.1 Å². The Morgan fingerprint density at radius 1 is 0.961 bits per heavy atom. The number of aromatic nitrogens is 1. The molecule has 4 aromatic rings. The van der Waals surface area contributed by atoms with Crippen LogP contribution in [0.3, 0.4) is 0 Å². The molecule has 0 unspecified atom stereocenters. The summed E-state index contributed by atoms with van der Waals surface area (Å²) >= 11 is 1.20. The van der Waals surface area contributed by atoms with Crippen LogP contribution in [0.2, 0.25) is 0 Å². The second-order valence-electron chi connectivity index (χ2n) is 11.3. The van der Waals surface area contributed by atoms with E-state index in [1.165, 1.54) is 23.0 Å². The molecule has 1 aliphatic heterocycles. The lowest BCUT2D eigenvalue weighted by atomic mass is 9.95. The molecule has 0 saturated carbocycles. The van der Waals surface area contributed by atoms with Crippen LogP contribution in [0.1, 0.15) is 49.1 Å². The largest absolute Gasteiger partial charge is 0.493 e. The Hall–Kier alpha value is -5.62. The van der Waals surface area contributed by atoms with Gasteiger partial charge in [0.25, 0.3) is 5.56 Å². The summed E-state index contributed by atoms with van der Waals surface area (Å²) in [5.74, 6) is 0.596. The molecule has 0 spiro atoms. The van der Waals surface area contributed by atoms with Gasteiger partial charge in [-0.2, -0.15) is 0 Å². The first-order valence-corrected chi connectivity index (χ1v) is 17.2. The van der Waals surface area contributed by atoms with Gasteiger partial charge in [0.2, 0.25) is 0 Å². The summed E-state index contributed by atoms with van der Waals surface area (Å²) in [4.78, 5) is 44.6. The van der Waals surface area contributed by atoms with E-state index in [0.29, 0.717) is 68.8 Å². The van der Waals surface area contributed by atoms with Crippen LogP contribution in [0, 0.1) is 0 Å². The molecular formula is C39H40N2O9S. The molecule has 0 radical (unpaired) electrons. The highest BCUT2D eigenvalue weighted by Crippen LogP contribution is 2.37. The normalized spacial score (nSPS) is 13.9. The minimum Gasteiger partial charge on any atom is -0.493 e. The van der Waals surface area contributed by atoms with Crippen LogP contribution in [0.4, 0.5) is 0 Å². The zero-order valence-corrected chi connectivity index (χ0v) is 30.0. The first-order chi connectivity index (χ1) is 24.7. The van der Waals surface area contributed by atoms with Gasteiger partial charge in [0.1, 0.15) is 6.61 Å². The van der Waals surface area contributed by atoms with Gasteiger partial charge >= 0.3 is 11.9 Å². The maximum absolute atomic E-state index is 14.3. The van der Waals surface area contributed by atoms with Crippen LogP contribution in [0.5, 0.6) is 23.0 Å². The lowest BCUT2D eigenvalue weighted by Gasteiger charge is -2.25. The molecule has 0 fully saturated rings. The Labute approximate surface area is 299 Å². The number of ether oxygens (including phenoxy) is 6. The van der Waals surface area contributed by atoms with Crippen LogP contribution < -0.4 is 33.8 Å². The molecule has 0 amide bonds. The number of hydrogen-bond donors (Lipinski definition) is 0. The minimum atomic E-state index is -0.893. The van der Waals surface area contributed by atoms with Gasteiger partial charge in [0, 0.05) is 5.56 Å². The van der Waals surface area contributed by atoms with Gasteiger partial charge in [-0.1, -0.05) is 53.8 Å². The van der Waals surface area contributed by atoms with Crippen molar-refractivity contribution in [2.75, 3.05) is 34.0 Å². The molecule has 0 bridgehead atoms. The van der Waals surface area contributed by atoms with Gasteiger partial charge in [0.15, 0.2) is 34.4 Å². The predicted molar refractivity (Wildman–Crippen MR) is 193 cm³/mol. The summed E-state index contributed by atoms with van der Waals surface area (Å²) < 4.78 is 35.5. The molecule has 1 aromatic heterocycles. The average molecular weight is 713 g/mol. The van der Waals surface area contributed by atoms with Crippen molar-refractivity contribution in [2.45, 2.75) is 39.8 Å². The summed E-state index contributed by atoms with van der Waals surface area (Å²) in [6.07, 6.45) is 4.06. The van der Waals surface area contributed by atoms with E-state index in [2.05, 4.69) is 11.6 Å². The Kier molecular flexibility index (Phi) is 12.1. The standard InChI is InChI=1S/C39H40N2O9S/c1-7-13-28-18-26(19-31(45-5)36(28)50-22-25-14-11-10-12-15-25)20-32-37(43)41-35(34(38(44)48-9-3)24(4)40-39(41)51-32)27-16-17-29(30(21-27)47-8-2)49-23-33(42)46-6/h7,10-12,14-21,35H,1,8-9,13,22-23H2,2-6H3/b32-20-/t35-/m0/s1. The number of nitrogens with zero attached hydrogens (tertiary/aromatic N) is 2. The highest BCUT2D eigenvalue weighted by atomic mass is 32.1. The monoisotopic (exact) mass is 712 g/mol. The van der Waals surface area contributed by atoms with Gasteiger partial charge < -0.3 is 28.4 Å². The third-order valence-electron chi connectivity index (χ3n) is 7.94. The summed E-state index contributed by atoms with van der Waals surface area (Å²) in [7, 11) is 2.84. The zero-order chi connectivity index (χ0) is 36.5. The summed E-state index contributed by atoms with van der Waals surface area (Å²) in [6, 6.07) is 17.7. The number of rotatable bonds is 15. The predicted octanol–water partition coefficient (Wildman–Crippen LogP) is 5.06. The molecule has 11 nitrogen and oxygen atoms in total. The van der Waals surface area contributed by atoms with Crippen LogP contribution in [-0.2, 0) is 32.1 Å². The fourth-order valence-electron chi connectivity index (χ4n) is 5.66. The number of thiazole rings is 1. The lowest BCUT2D eigenvalue weighted by molar-refractivity contribution is -0.143. The lowest BCUT2D eigenvalue weighted by Crippen LogP contribution is -2.40. The Morgan fingerprint density at radius 3 is 2.43 bits per heavy atom. The van der Waals surface area contributed by atoms with Gasteiger partial charge in [0.05, 0.1) is 49.3 Å². The molecule has 0 N–H and O–H groups in total. The molecular weight excluding hydrogens is 673 g/mol. The number of carbonyl (C=O) groups is 2. The molecule has 12 heteroatoms. The maximum Gasteiger partial charge on any atom is 0.343 e. The summed E-state index contributed by atoms with van der Waals surface area (Å²) in [6.45, 7) is 9.62. The number of fused-ring (bicyclic) bond motifs is 1. The van der Waals surface area contributed by atoms with Crippen LogP contribution in [-0.4, -0.2) is 50.5 Å². The van der Waals surface area contributed by atoms with Crippen molar-refractivity contribution < 1.29 is 38.0 Å². The Bertz CT molecular complexity index is 2130. The quantitative estimate of drug-likeness (QED) is 0.123. The fourth-order valence-corrected chi connectivity index (χ4v) is 6.70. The van der Waals surface area contributed by atoms with Gasteiger partial charge in [-0.3, -0.25) is 9.36 Å². The molecule has 1 atom stereocenters. The average Bonchev–Trinajstić information content (AvgIpc) is 3.43. The van der Waals surface area contributed by atoms with Crippen molar-refractivity contribution in [1.82, 2.24) is 4.57 Å². The summed E-state index contributed by atoms with van der Waals surface area (Å²) in [5, 5.41) is 0. The van der Waals surface area contributed by atoms with Crippen LogP contribution in [0.25, 0.3) is 6.08 Å². The number of methoxy groups -OCH3 is 2. The van der Waals surface area contributed by atoms with Gasteiger partial charge in [-0.15, -0.1) is 6.58 Å². The van der Waals surface area contributed by atoms with Gasteiger partial charge in [-0.25, -0.2) is 14.6 Å². The van der Waals surface area contributed by atoms with E-state index in [-0.39, 0.29) is 24.3 Å². The summed E-state index contributed by atoms with van der Waals surface area (Å²) in [5.41, 5.74) is 3.42. The van der Waals surface area contributed by atoms with Gasteiger partial charge in [-0.05, 0) is 74.2 Å². The first kappa shape index (κ1) is 36.7. The second kappa shape index (κ2) is 16.9. The van der Waals surface area contributed by atoms with Crippen molar-refractivity contribution in [3.63, 3.8) is 0 Å². The molecule has 0 saturated heterocycles. The molecule has 5 rings (SSSR count). The number of allylic oxidation sites excluding steroid dienone is 2. The second-order valence-corrected chi connectivity index (χ2v) is 12.3. The number of esters is 2. The van der Waals surface area contributed by atoms with E-state index in [1.807, 2.05) is 49.4 Å². The van der Waals surface area contributed by atoms with Crippen molar-refractivity contribution >= 4 is 29.4 Å². The zero-order valence-electron chi connectivity index (χ0n) is 29.2. The Balaban J connectivity index is 1.62. The molecule has 3 aromatic carbocycles. The minimum absolute atomic E-state index is 0.136. The smallest absolute Gasteiger partial charge is 0.343 e. The molecule has 51 heavy (non-hydrogen) atoms. The molecule has 266 valence electrons. The Morgan fingerprint density at radius 2 is 1.75 bits per heavy atom. The molecule has 1 aliphatic rings. The topological polar surface area (TPSA) is 124 Å². The van der Waals surface area contributed by atoms with Crippen molar-refractivity contribution in [3.8, 4) is 23.0 Å². The van der Waals surface area contributed by atoms with E-state index in [1.54, 1.807) is 51.3 Å². The van der Waals surface area contributed by atoms with Crippen LogP contribution >= 0.6 is 11.3 Å². The van der Waals surface area contributed by atoms with Crippen molar-refractivity contribution in [1.29, 1.82) is 0 Å². The molecule has 2 heterocycles. The molecule has 0 aliphatic carbocycles. The first-order valence-electron chi connectivity index (χ1n) is 16.4. The third-order valence-corrected chi connectivity index (χ3v) is 8.92. The highest BCUT2D eigenvalue weighted by molar-refractivity contribution is 7.07. The van der Waals surface area contributed by atoms with E-state index in [9.17, 15) is 14.4 Å². The SMILES string of the molecule is C=CCc1cc(/C=c2\sc3n(c2=O)[C@@H](c2ccc(OCC(=O)OC)c(OCC)c2)C(C(=O)OCC)=C(C)N=3)cc(OC)c1OCc1ccccc1.